The van der Waals surface area contributed by atoms with Crippen LogP contribution in [0, 0.1) is 5.92 Å². The van der Waals surface area contributed by atoms with E-state index in [1.807, 2.05) is 4.90 Å². The van der Waals surface area contributed by atoms with Crippen molar-refractivity contribution in [1.82, 2.24) is 9.80 Å². The number of piperidine rings is 1. The van der Waals surface area contributed by atoms with Crippen molar-refractivity contribution >= 4 is 17.5 Å². The zero-order chi connectivity index (χ0) is 18.6. The Bertz CT molecular complexity index is 624. The molecule has 1 aromatic carbocycles. The van der Waals surface area contributed by atoms with E-state index in [0.29, 0.717) is 25.9 Å². The first-order chi connectivity index (χ1) is 11.7. The predicted octanol–water partition coefficient (Wildman–Crippen LogP) is 2.44. The molecular weight excluding hydrogens is 335 g/mol. The van der Waals surface area contributed by atoms with Crippen LogP contribution in [0.1, 0.15) is 18.4 Å². The molecule has 1 N–H and O–H groups in total. The monoisotopic (exact) mass is 357 g/mol. The second-order valence-corrected chi connectivity index (χ2v) is 6.37. The molecule has 138 valence electrons. The second kappa shape index (κ2) is 7.86. The summed E-state index contributed by atoms with van der Waals surface area (Å²) in [5.74, 6) is -0.474. The molecule has 1 aliphatic heterocycles. The lowest BCUT2D eigenvalue weighted by Crippen LogP contribution is -2.43. The Labute approximate surface area is 144 Å². The summed E-state index contributed by atoms with van der Waals surface area (Å²) in [6.07, 6.45) is -3.23. The smallest absolute Gasteiger partial charge is 0.349 e. The molecule has 8 heteroatoms. The zero-order valence-corrected chi connectivity index (χ0v) is 14.3. The molecular formula is C17H22F3N3O2. The van der Waals surface area contributed by atoms with Gasteiger partial charge >= 0.3 is 6.18 Å². The van der Waals surface area contributed by atoms with Crippen molar-refractivity contribution in [3.8, 4) is 0 Å². The van der Waals surface area contributed by atoms with Gasteiger partial charge in [0, 0.05) is 20.0 Å². The van der Waals surface area contributed by atoms with Crippen LogP contribution in [0.25, 0.3) is 0 Å². The lowest BCUT2D eigenvalue weighted by atomic mass is 9.95. The molecule has 2 rings (SSSR count). The number of nitrogens with zero attached hydrogens (tertiary/aromatic N) is 2. The third kappa shape index (κ3) is 5.19. The summed E-state index contributed by atoms with van der Waals surface area (Å²) in [6, 6.07) is 4.91. The van der Waals surface area contributed by atoms with Crippen molar-refractivity contribution in [2.24, 2.45) is 5.92 Å². The molecule has 0 bridgehead atoms. The SMILES string of the molecule is CN(C)C(=O)C1CCN(CC(=O)Nc2ccccc2C(F)(F)F)CC1. The van der Waals surface area contributed by atoms with E-state index in [-0.39, 0.29) is 24.1 Å². The number of anilines is 1. The Kier molecular flexibility index (Phi) is 6.05. The molecule has 1 aromatic rings. The van der Waals surface area contributed by atoms with Crippen molar-refractivity contribution in [2.45, 2.75) is 19.0 Å². The fourth-order valence-corrected chi connectivity index (χ4v) is 2.94. The van der Waals surface area contributed by atoms with Gasteiger partial charge in [-0.25, -0.2) is 0 Å². The van der Waals surface area contributed by atoms with Gasteiger partial charge in [-0.05, 0) is 38.1 Å². The minimum atomic E-state index is -4.52. The molecule has 0 unspecified atom stereocenters. The lowest BCUT2D eigenvalue weighted by Gasteiger charge is -2.32. The molecule has 1 fully saturated rings. The van der Waals surface area contributed by atoms with Crippen LogP contribution in [-0.4, -0.2) is 55.3 Å². The maximum Gasteiger partial charge on any atom is 0.418 e. The van der Waals surface area contributed by atoms with Gasteiger partial charge in [-0.1, -0.05) is 12.1 Å². The van der Waals surface area contributed by atoms with Crippen molar-refractivity contribution in [3.05, 3.63) is 29.8 Å². The van der Waals surface area contributed by atoms with E-state index in [2.05, 4.69) is 5.32 Å². The number of benzene rings is 1. The van der Waals surface area contributed by atoms with Crippen molar-refractivity contribution in [2.75, 3.05) is 39.0 Å². The van der Waals surface area contributed by atoms with E-state index in [1.165, 1.54) is 18.2 Å². The Morgan fingerprint density at radius 3 is 2.36 bits per heavy atom. The first-order valence-electron chi connectivity index (χ1n) is 8.08. The van der Waals surface area contributed by atoms with Gasteiger partial charge in [-0.3, -0.25) is 14.5 Å². The number of amides is 2. The first kappa shape index (κ1) is 19.2. The van der Waals surface area contributed by atoms with Crippen LogP contribution in [0.4, 0.5) is 18.9 Å². The molecule has 0 aliphatic carbocycles. The largest absolute Gasteiger partial charge is 0.418 e. The summed E-state index contributed by atoms with van der Waals surface area (Å²) in [6.45, 7) is 1.15. The van der Waals surface area contributed by atoms with Gasteiger partial charge < -0.3 is 10.2 Å². The van der Waals surface area contributed by atoms with Crippen molar-refractivity contribution < 1.29 is 22.8 Å². The van der Waals surface area contributed by atoms with E-state index >= 15 is 0 Å². The zero-order valence-electron chi connectivity index (χ0n) is 14.3. The van der Waals surface area contributed by atoms with Crippen LogP contribution in [0.2, 0.25) is 0 Å². The number of rotatable bonds is 4. The van der Waals surface area contributed by atoms with Crippen LogP contribution in [0.15, 0.2) is 24.3 Å². The third-order valence-electron chi connectivity index (χ3n) is 4.25. The normalized spacial score (nSPS) is 16.5. The summed E-state index contributed by atoms with van der Waals surface area (Å²) in [7, 11) is 3.42. The molecule has 0 aromatic heterocycles. The van der Waals surface area contributed by atoms with Gasteiger partial charge in [0.15, 0.2) is 0 Å². The van der Waals surface area contributed by atoms with Gasteiger partial charge in [0.1, 0.15) is 0 Å². The maximum atomic E-state index is 12.9. The van der Waals surface area contributed by atoms with Gasteiger partial charge in [-0.2, -0.15) is 13.2 Å². The summed E-state index contributed by atoms with van der Waals surface area (Å²) in [4.78, 5) is 27.4. The van der Waals surface area contributed by atoms with Gasteiger partial charge in [0.2, 0.25) is 11.8 Å². The molecule has 1 saturated heterocycles. The minimum absolute atomic E-state index is 0.00899. The van der Waals surface area contributed by atoms with E-state index in [9.17, 15) is 22.8 Å². The fourth-order valence-electron chi connectivity index (χ4n) is 2.94. The van der Waals surface area contributed by atoms with E-state index in [4.69, 9.17) is 0 Å². The molecule has 1 heterocycles. The van der Waals surface area contributed by atoms with Crippen LogP contribution < -0.4 is 5.32 Å². The highest BCUT2D eigenvalue weighted by Gasteiger charge is 2.34. The Balaban J connectivity index is 1.90. The third-order valence-corrected chi connectivity index (χ3v) is 4.25. The van der Waals surface area contributed by atoms with Crippen LogP contribution in [0.3, 0.4) is 0 Å². The number of likely N-dealkylation sites (tertiary alicyclic amines) is 1. The molecule has 0 radical (unpaired) electrons. The number of hydrogen-bond donors (Lipinski definition) is 1. The van der Waals surface area contributed by atoms with Crippen molar-refractivity contribution in [1.29, 1.82) is 0 Å². The average molecular weight is 357 g/mol. The van der Waals surface area contributed by atoms with E-state index in [0.717, 1.165) is 6.07 Å². The first-order valence-corrected chi connectivity index (χ1v) is 8.08. The number of alkyl halides is 3. The Morgan fingerprint density at radius 1 is 1.20 bits per heavy atom. The average Bonchev–Trinajstić information content (AvgIpc) is 2.54. The number of nitrogens with one attached hydrogen (secondary N) is 1. The maximum absolute atomic E-state index is 12.9. The highest BCUT2D eigenvalue weighted by atomic mass is 19.4. The van der Waals surface area contributed by atoms with Crippen LogP contribution >= 0.6 is 0 Å². The van der Waals surface area contributed by atoms with E-state index in [1.54, 1.807) is 19.0 Å². The molecule has 25 heavy (non-hydrogen) atoms. The molecule has 0 saturated carbocycles. The quantitative estimate of drug-likeness (QED) is 0.901. The summed E-state index contributed by atoms with van der Waals surface area (Å²) in [5.41, 5.74) is -1.10. The Hall–Kier alpha value is -2.09. The van der Waals surface area contributed by atoms with Gasteiger partial charge in [0.25, 0.3) is 0 Å². The number of halogens is 3. The van der Waals surface area contributed by atoms with E-state index < -0.39 is 17.6 Å². The van der Waals surface area contributed by atoms with Crippen LogP contribution in [0.5, 0.6) is 0 Å². The van der Waals surface area contributed by atoms with Gasteiger partial charge in [0.05, 0.1) is 17.8 Å². The number of para-hydroxylation sites is 1. The molecule has 0 spiro atoms. The molecule has 0 atom stereocenters. The summed E-state index contributed by atoms with van der Waals surface area (Å²) in [5, 5.41) is 2.34. The fraction of sp³-hybridized carbons (Fsp3) is 0.529. The van der Waals surface area contributed by atoms with Gasteiger partial charge in [-0.15, -0.1) is 0 Å². The summed E-state index contributed by atoms with van der Waals surface area (Å²) < 4.78 is 38.8. The minimum Gasteiger partial charge on any atom is -0.349 e. The molecule has 1 aliphatic rings. The van der Waals surface area contributed by atoms with Crippen molar-refractivity contribution in [3.63, 3.8) is 0 Å². The molecule has 2 amide bonds. The predicted molar refractivity (Wildman–Crippen MR) is 87.9 cm³/mol. The molecule has 5 nitrogen and oxygen atoms in total. The number of carbonyl (C=O) groups excluding carboxylic acids is 2. The standard InChI is InChI=1S/C17H22F3N3O2/c1-22(2)16(25)12-7-9-23(10-8-12)11-15(24)21-14-6-4-3-5-13(14)17(18,19)20/h3-6,12H,7-11H2,1-2H3,(H,21,24). The highest BCUT2D eigenvalue weighted by Crippen LogP contribution is 2.34. The number of hydrogen-bond acceptors (Lipinski definition) is 3. The highest BCUT2D eigenvalue weighted by molar-refractivity contribution is 5.93. The lowest BCUT2D eigenvalue weighted by molar-refractivity contribution is -0.137. The Morgan fingerprint density at radius 2 is 1.80 bits per heavy atom. The summed E-state index contributed by atoms with van der Waals surface area (Å²) >= 11 is 0. The number of carbonyl (C=O) groups is 2. The van der Waals surface area contributed by atoms with Crippen LogP contribution in [-0.2, 0) is 15.8 Å². The second-order valence-electron chi connectivity index (χ2n) is 6.37. The topological polar surface area (TPSA) is 52.7 Å².